The molecule has 1 fully saturated rings. The Balaban J connectivity index is 1.94. The third-order valence-electron chi connectivity index (χ3n) is 4.04. The Morgan fingerprint density at radius 3 is 2.74 bits per heavy atom. The SMILES string of the molecule is Cc1ccc([C@@H]2[C@H](c3ccccn3)NC(=S)N2CCN(C)C)s1. The Morgan fingerprint density at radius 2 is 2.13 bits per heavy atom. The lowest BCUT2D eigenvalue weighted by Crippen LogP contribution is -2.35. The molecule has 1 N–H and O–H groups in total. The lowest BCUT2D eigenvalue weighted by atomic mass is 10.0. The van der Waals surface area contributed by atoms with E-state index in [1.54, 1.807) is 0 Å². The molecule has 2 aromatic rings. The molecule has 4 nitrogen and oxygen atoms in total. The van der Waals surface area contributed by atoms with Gasteiger partial charge in [-0.1, -0.05) is 6.07 Å². The van der Waals surface area contributed by atoms with Gasteiger partial charge in [0.15, 0.2) is 5.11 Å². The maximum atomic E-state index is 5.63. The minimum absolute atomic E-state index is 0.101. The van der Waals surface area contributed by atoms with Crippen LogP contribution in [0.15, 0.2) is 36.5 Å². The first-order valence-corrected chi connectivity index (χ1v) is 8.98. The summed E-state index contributed by atoms with van der Waals surface area (Å²) in [5.74, 6) is 0. The predicted molar refractivity (Wildman–Crippen MR) is 99.8 cm³/mol. The molecule has 2 aromatic heterocycles. The summed E-state index contributed by atoms with van der Waals surface area (Å²) in [7, 11) is 4.18. The van der Waals surface area contributed by atoms with E-state index in [0.717, 1.165) is 23.9 Å². The van der Waals surface area contributed by atoms with E-state index in [1.165, 1.54) is 9.75 Å². The molecule has 1 aliphatic rings. The summed E-state index contributed by atoms with van der Waals surface area (Å²) in [4.78, 5) is 11.7. The van der Waals surface area contributed by atoms with Crippen LogP contribution in [0.3, 0.4) is 0 Å². The second kappa shape index (κ2) is 6.95. The van der Waals surface area contributed by atoms with E-state index < -0.39 is 0 Å². The molecule has 3 rings (SSSR count). The summed E-state index contributed by atoms with van der Waals surface area (Å²) in [6.45, 7) is 4.02. The minimum Gasteiger partial charge on any atom is -0.352 e. The van der Waals surface area contributed by atoms with E-state index in [4.69, 9.17) is 12.2 Å². The quantitative estimate of drug-likeness (QED) is 0.841. The van der Waals surface area contributed by atoms with Crippen LogP contribution in [-0.2, 0) is 0 Å². The highest BCUT2D eigenvalue weighted by Crippen LogP contribution is 2.40. The molecule has 0 radical (unpaired) electrons. The largest absolute Gasteiger partial charge is 0.352 e. The minimum atomic E-state index is 0.101. The van der Waals surface area contributed by atoms with Gasteiger partial charge in [-0.15, -0.1) is 11.3 Å². The van der Waals surface area contributed by atoms with Gasteiger partial charge in [-0.3, -0.25) is 4.98 Å². The number of hydrogen-bond acceptors (Lipinski definition) is 4. The van der Waals surface area contributed by atoms with Gasteiger partial charge in [0.05, 0.1) is 17.8 Å². The highest BCUT2D eigenvalue weighted by molar-refractivity contribution is 7.80. The Bertz CT molecular complexity index is 668. The molecule has 0 aromatic carbocycles. The third-order valence-corrected chi connectivity index (χ3v) is 5.46. The number of likely N-dealkylation sites (N-methyl/N-ethyl adjacent to an activating group) is 1. The zero-order chi connectivity index (χ0) is 16.4. The zero-order valence-corrected chi connectivity index (χ0v) is 15.3. The third kappa shape index (κ3) is 3.54. The van der Waals surface area contributed by atoms with Gasteiger partial charge >= 0.3 is 0 Å². The summed E-state index contributed by atoms with van der Waals surface area (Å²) < 4.78 is 0. The molecule has 122 valence electrons. The van der Waals surface area contributed by atoms with Crippen LogP contribution in [0, 0.1) is 6.92 Å². The van der Waals surface area contributed by atoms with Gasteiger partial charge in [-0.25, -0.2) is 0 Å². The topological polar surface area (TPSA) is 31.4 Å². The van der Waals surface area contributed by atoms with Crippen LogP contribution >= 0.6 is 23.6 Å². The first-order chi connectivity index (χ1) is 11.1. The van der Waals surface area contributed by atoms with E-state index in [2.05, 4.69) is 59.3 Å². The van der Waals surface area contributed by atoms with Crippen molar-refractivity contribution in [2.24, 2.45) is 0 Å². The highest BCUT2D eigenvalue weighted by Gasteiger charge is 2.40. The van der Waals surface area contributed by atoms with Crippen molar-refractivity contribution in [3.63, 3.8) is 0 Å². The van der Waals surface area contributed by atoms with Gasteiger partial charge in [0.2, 0.25) is 0 Å². The maximum absolute atomic E-state index is 5.63. The average molecular weight is 347 g/mol. The number of aromatic nitrogens is 1. The van der Waals surface area contributed by atoms with Crippen molar-refractivity contribution in [2.75, 3.05) is 27.2 Å². The van der Waals surface area contributed by atoms with E-state index in [-0.39, 0.29) is 12.1 Å². The molecule has 0 saturated carbocycles. The number of aryl methyl sites for hydroxylation is 1. The number of nitrogens with one attached hydrogen (secondary N) is 1. The normalized spacial score (nSPS) is 21.0. The van der Waals surface area contributed by atoms with Crippen molar-refractivity contribution in [2.45, 2.75) is 19.0 Å². The fraction of sp³-hybridized carbons (Fsp3) is 0.412. The number of thiocarbonyl (C=S) groups is 1. The first kappa shape index (κ1) is 16.4. The second-order valence-corrected chi connectivity index (χ2v) is 7.78. The molecule has 23 heavy (non-hydrogen) atoms. The van der Waals surface area contributed by atoms with E-state index >= 15 is 0 Å². The van der Waals surface area contributed by atoms with Crippen LogP contribution in [-0.4, -0.2) is 47.1 Å². The first-order valence-electron chi connectivity index (χ1n) is 7.75. The number of rotatable bonds is 5. The number of thiophene rings is 1. The van der Waals surface area contributed by atoms with Crippen molar-refractivity contribution in [3.8, 4) is 0 Å². The number of pyridine rings is 1. The van der Waals surface area contributed by atoms with Crippen LogP contribution in [0.1, 0.15) is 27.5 Å². The molecule has 1 saturated heterocycles. The van der Waals surface area contributed by atoms with E-state index in [9.17, 15) is 0 Å². The summed E-state index contributed by atoms with van der Waals surface area (Å²) in [6.07, 6.45) is 1.85. The standard InChI is InChI=1S/C17H22N4S2/c1-12-7-8-14(23-12)16-15(13-6-4-5-9-18-13)19-17(22)21(16)11-10-20(2)3/h4-9,15-16H,10-11H2,1-3H3,(H,19,22)/t15-,16+/m0/s1. The molecule has 2 atom stereocenters. The van der Waals surface area contributed by atoms with Gasteiger partial charge < -0.3 is 15.1 Å². The van der Waals surface area contributed by atoms with Crippen LogP contribution in [0.25, 0.3) is 0 Å². The van der Waals surface area contributed by atoms with Crippen LogP contribution in [0.2, 0.25) is 0 Å². The van der Waals surface area contributed by atoms with Crippen LogP contribution in [0.5, 0.6) is 0 Å². The Kier molecular flexibility index (Phi) is 4.94. The monoisotopic (exact) mass is 346 g/mol. The molecular weight excluding hydrogens is 324 g/mol. The van der Waals surface area contributed by atoms with Gasteiger partial charge in [0.25, 0.3) is 0 Å². The summed E-state index contributed by atoms with van der Waals surface area (Å²) in [6, 6.07) is 10.8. The smallest absolute Gasteiger partial charge is 0.170 e. The molecule has 6 heteroatoms. The molecule has 0 amide bonds. The summed E-state index contributed by atoms with van der Waals surface area (Å²) in [5, 5.41) is 4.30. The van der Waals surface area contributed by atoms with Crippen molar-refractivity contribution in [3.05, 3.63) is 52.0 Å². The Hall–Kier alpha value is -1.50. The van der Waals surface area contributed by atoms with Gasteiger partial charge in [-0.2, -0.15) is 0 Å². The Labute approximate surface area is 147 Å². The van der Waals surface area contributed by atoms with Gasteiger partial charge in [-0.05, 0) is 57.5 Å². The number of hydrogen-bond donors (Lipinski definition) is 1. The molecular formula is C17H22N4S2. The molecule has 0 unspecified atom stereocenters. The van der Waals surface area contributed by atoms with Crippen LogP contribution < -0.4 is 5.32 Å². The lowest BCUT2D eigenvalue weighted by Gasteiger charge is -2.27. The van der Waals surface area contributed by atoms with Crippen molar-refractivity contribution < 1.29 is 0 Å². The zero-order valence-electron chi connectivity index (χ0n) is 13.7. The van der Waals surface area contributed by atoms with Gasteiger partial charge in [0.1, 0.15) is 0 Å². The van der Waals surface area contributed by atoms with E-state index in [1.807, 2.05) is 29.7 Å². The lowest BCUT2D eigenvalue weighted by molar-refractivity contribution is 0.280. The second-order valence-electron chi connectivity index (χ2n) is 6.07. The maximum Gasteiger partial charge on any atom is 0.170 e. The van der Waals surface area contributed by atoms with Crippen molar-refractivity contribution >= 4 is 28.7 Å². The summed E-state index contributed by atoms with van der Waals surface area (Å²) >= 11 is 7.47. The fourth-order valence-corrected chi connectivity index (χ4v) is 4.24. The van der Waals surface area contributed by atoms with E-state index in [0.29, 0.717) is 0 Å². The molecule has 3 heterocycles. The van der Waals surface area contributed by atoms with Crippen molar-refractivity contribution in [1.29, 1.82) is 0 Å². The highest BCUT2D eigenvalue weighted by atomic mass is 32.1. The van der Waals surface area contributed by atoms with Gasteiger partial charge in [0, 0.05) is 29.0 Å². The number of nitrogens with zero attached hydrogens (tertiary/aromatic N) is 3. The fourth-order valence-electron chi connectivity index (χ4n) is 2.88. The average Bonchev–Trinajstić information content (AvgIpc) is 3.09. The summed E-state index contributed by atoms with van der Waals surface area (Å²) in [5.41, 5.74) is 1.04. The molecule has 0 aliphatic carbocycles. The van der Waals surface area contributed by atoms with Crippen molar-refractivity contribution in [1.82, 2.24) is 20.1 Å². The molecule has 0 bridgehead atoms. The predicted octanol–water partition coefficient (Wildman–Crippen LogP) is 2.99. The van der Waals surface area contributed by atoms with Crippen LogP contribution in [0.4, 0.5) is 0 Å². The molecule has 0 spiro atoms. The Morgan fingerprint density at radius 1 is 1.30 bits per heavy atom. The molecule has 1 aliphatic heterocycles.